The monoisotopic (exact) mass is 606 g/mol. The minimum atomic E-state index is -4.72. The first kappa shape index (κ1) is 29.0. The second-order valence-corrected chi connectivity index (χ2v) is 10.5. The number of amides is 2. The number of β-amino-alcohol motifs (C(OH)–C–C–N with tert-alkyl or cyclic N) is 1. The number of benzene rings is 2. The summed E-state index contributed by atoms with van der Waals surface area (Å²) in [4.78, 5) is 31.1. The predicted molar refractivity (Wildman–Crippen MR) is 143 cm³/mol. The number of hydrogen-bond acceptors (Lipinski definition) is 5. The molecule has 2 amide bonds. The number of rotatable bonds is 6. The Bertz CT molecular complexity index is 1780. The van der Waals surface area contributed by atoms with Gasteiger partial charge in [0.15, 0.2) is 0 Å². The van der Waals surface area contributed by atoms with Crippen LogP contribution in [0.1, 0.15) is 22.3 Å². The minimum Gasteiger partial charge on any atom is -0.390 e. The van der Waals surface area contributed by atoms with E-state index in [1.165, 1.54) is 29.1 Å². The van der Waals surface area contributed by atoms with Crippen molar-refractivity contribution in [3.8, 4) is 0 Å². The molecule has 0 radical (unpaired) electrons. The first-order chi connectivity index (χ1) is 20.3. The quantitative estimate of drug-likeness (QED) is 0.223. The van der Waals surface area contributed by atoms with Gasteiger partial charge in [-0.3, -0.25) is 19.8 Å². The molecular weight excluding hydrogens is 582 g/mol. The molecular formula is C29H24F6N4O4. The smallest absolute Gasteiger partial charge is 0.390 e. The third-order valence-electron chi connectivity index (χ3n) is 7.67. The molecule has 43 heavy (non-hydrogen) atoms. The average molecular weight is 607 g/mol. The van der Waals surface area contributed by atoms with Crippen LogP contribution in [-0.2, 0) is 33.2 Å². The number of nitrogens with zero attached hydrogens (tertiary/aromatic N) is 2. The van der Waals surface area contributed by atoms with Crippen molar-refractivity contribution in [1.29, 1.82) is 0 Å². The molecule has 2 aromatic carbocycles. The molecule has 1 fully saturated rings. The van der Waals surface area contributed by atoms with E-state index in [1.807, 2.05) is 4.90 Å². The summed E-state index contributed by atoms with van der Waals surface area (Å²) in [7, 11) is 0. The molecule has 4 aromatic rings. The molecule has 1 saturated heterocycles. The van der Waals surface area contributed by atoms with Gasteiger partial charge < -0.3 is 19.4 Å². The van der Waals surface area contributed by atoms with Crippen LogP contribution in [0.25, 0.3) is 33.0 Å². The summed E-state index contributed by atoms with van der Waals surface area (Å²) in [6.45, 7) is 2.43. The van der Waals surface area contributed by atoms with E-state index in [-0.39, 0.29) is 57.2 Å². The Labute approximate surface area is 239 Å². The van der Waals surface area contributed by atoms with Crippen molar-refractivity contribution in [2.24, 2.45) is 0 Å². The Kier molecular flexibility index (Phi) is 7.10. The molecule has 0 bridgehead atoms. The van der Waals surface area contributed by atoms with Gasteiger partial charge in [0.2, 0.25) is 0 Å². The van der Waals surface area contributed by atoms with Crippen molar-refractivity contribution in [3.05, 3.63) is 71.0 Å². The number of imide groups is 1. The van der Waals surface area contributed by atoms with Gasteiger partial charge >= 0.3 is 12.4 Å². The molecule has 2 aliphatic rings. The van der Waals surface area contributed by atoms with Crippen LogP contribution in [0.5, 0.6) is 0 Å². The lowest BCUT2D eigenvalue weighted by molar-refractivity contribution is -0.138. The standard InChI is InChI=1S/C29H24F6N4O4/c30-28(31,32)15-1-3-22-18(9-15)20(11-36-22)24-25(27(42)37-26(24)41)21-14-39(13-17(40)12-38-5-7-43-8-6-38)23-4-2-16(10-19(21)23)29(33,34)35/h1-4,9-11,14,17,36,40H,5-8,12-13H2,(H,37,41,42). The van der Waals surface area contributed by atoms with Gasteiger partial charge in [-0.05, 0) is 36.4 Å². The average Bonchev–Trinajstić information content (AvgIpc) is 3.60. The van der Waals surface area contributed by atoms with Gasteiger partial charge in [0.05, 0.1) is 41.6 Å². The molecule has 4 heterocycles. The van der Waals surface area contributed by atoms with Gasteiger partial charge in [-0.15, -0.1) is 0 Å². The maximum Gasteiger partial charge on any atom is 0.416 e. The lowest BCUT2D eigenvalue weighted by Gasteiger charge is -2.28. The number of hydrogen-bond donors (Lipinski definition) is 3. The Morgan fingerprint density at radius 3 is 2.09 bits per heavy atom. The number of H-pyrrole nitrogens is 1. The van der Waals surface area contributed by atoms with Crippen molar-refractivity contribution in [1.82, 2.24) is 19.8 Å². The van der Waals surface area contributed by atoms with E-state index < -0.39 is 41.4 Å². The van der Waals surface area contributed by atoms with Crippen LogP contribution in [0.4, 0.5) is 26.3 Å². The number of aromatic nitrogens is 2. The number of fused-ring (bicyclic) bond motifs is 2. The van der Waals surface area contributed by atoms with Crippen LogP contribution >= 0.6 is 0 Å². The van der Waals surface area contributed by atoms with Crippen molar-refractivity contribution in [2.45, 2.75) is 25.0 Å². The first-order valence-corrected chi connectivity index (χ1v) is 13.3. The lowest BCUT2D eigenvalue weighted by Crippen LogP contribution is -2.41. The highest BCUT2D eigenvalue weighted by Gasteiger charge is 2.37. The van der Waals surface area contributed by atoms with Crippen LogP contribution in [0.3, 0.4) is 0 Å². The molecule has 6 rings (SSSR count). The van der Waals surface area contributed by atoms with E-state index >= 15 is 0 Å². The van der Waals surface area contributed by atoms with Gasteiger partial charge in [-0.2, -0.15) is 26.3 Å². The number of ether oxygens (including phenoxy) is 1. The summed E-state index contributed by atoms with van der Waals surface area (Å²) < 4.78 is 88.5. The predicted octanol–water partition coefficient (Wildman–Crippen LogP) is 4.42. The number of alkyl halides is 6. The molecule has 0 aliphatic carbocycles. The van der Waals surface area contributed by atoms with E-state index in [1.54, 1.807) is 0 Å². The number of morpholine rings is 1. The van der Waals surface area contributed by atoms with Gasteiger partial charge in [-0.25, -0.2) is 0 Å². The van der Waals surface area contributed by atoms with Crippen molar-refractivity contribution in [2.75, 3.05) is 32.8 Å². The maximum absolute atomic E-state index is 13.7. The molecule has 2 aliphatic heterocycles. The van der Waals surface area contributed by atoms with Crippen LogP contribution in [0.15, 0.2) is 48.8 Å². The Morgan fingerprint density at radius 2 is 1.44 bits per heavy atom. The molecule has 1 atom stereocenters. The van der Waals surface area contributed by atoms with Crippen molar-refractivity contribution in [3.63, 3.8) is 0 Å². The molecule has 226 valence electrons. The van der Waals surface area contributed by atoms with Crippen LogP contribution in [-0.4, -0.2) is 70.3 Å². The molecule has 1 unspecified atom stereocenters. The number of carbonyl (C=O) groups excluding carboxylic acids is 2. The number of aliphatic hydroxyl groups is 1. The van der Waals surface area contributed by atoms with Gasteiger partial charge in [-0.1, -0.05) is 0 Å². The number of carbonyl (C=O) groups is 2. The number of aromatic amines is 1. The highest BCUT2D eigenvalue weighted by atomic mass is 19.4. The highest BCUT2D eigenvalue weighted by molar-refractivity contribution is 6.50. The summed E-state index contributed by atoms with van der Waals surface area (Å²) in [5.41, 5.74) is -2.06. The van der Waals surface area contributed by atoms with E-state index in [2.05, 4.69) is 10.3 Å². The van der Waals surface area contributed by atoms with Gasteiger partial charge in [0, 0.05) is 71.5 Å². The molecule has 8 nitrogen and oxygen atoms in total. The first-order valence-electron chi connectivity index (χ1n) is 13.3. The third-order valence-corrected chi connectivity index (χ3v) is 7.67. The maximum atomic E-state index is 13.7. The molecule has 0 spiro atoms. The van der Waals surface area contributed by atoms with Crippen LogP contribution < -0.4 is 5.32 Å². The summed E-state index contributed by atoms with van der Waals surface area (Å²) in [6.07, 6.45) is -7.68. The number of halogens is 6. The largest absolute Gasteiger partial charge is 0.416 e. The minimum absolute atomic E-state index is 0.00725. The Balaban J connectivity index is 1.52. The zero-order valence-corrected chi connectivity index (χ0v) is 22.3. The summed E-state index contributed by atoms with van der Waals surface area (Å²) in [5.74, 6) is -1.81. The van der Waals surface area contributed by atoms with E-state index in [9.17, 15) is 41.0 Å². The second-order valence-electron chi connectivity index (χ2n) is 10.5. The van der Waals surface area contributed by atoms with Gasteiger partial charge in [0.1, 0.15) is 0 Å². The van der Waals surface area contributed by atoms with Crippen LogP contribution in [0, 0.1) is 0 Å². The number of nitrogens with one attached hydrogen (secondary N) is 2. The fourth-order valence-electron chi connectivity index (χ4n) is 5.66. The summed E-state index contributed by atoms with van der Waals surface area (Å²) in [5, 5.41) is 13.0. The third kappa shape index (κ3) is 5.41. The molecule has 2 aromatic heterocycles. The van der Waals surface area contributed by atoms with Crippen molar-refractivity contribution >= 4 is 44.8 Å². The summed E-state index contributed by atoms with van der Waals surface area (Å²) in [6, 6.07) is 5.85. The van der Waals surface area contributed by atoms with E-state index in [0.29, 0.717) is 26.3 Å². The molecule has 0 saturated carbocycles. The van der Waals surface area contributed by atoms with E-state index in [0.717, 1.165) is 24.3 Å². The fraction of sp³-hybridized carbons (Fsp3) is 0.310. The number of aliphatic hydroxyl groups excluding tert-OH is 1. The Morgan fingerprint density at radius 1 is 0.837 bits per heavy atom. The normalized spacial score (nSPS) is 17.8. The zero-order valence-electron chi connectivity index (χ0n) is 22.3. The lowest BCUT2D eigenvalue weighted by atomic mass is 9.94. The van der Waals surface area contributed by atoms with Crippen molar-refractivity contribution < 1.29 is 45.8 Å². The fourth-order valence-corrected chi connectivity index (χ4v) is 5.66. The molecule has 14 heteroatoms. The van der Waals surface area contributed by atoms with Crippen LogP contribution in [0.2, 0.25) is 0 Å². The van der Waals surface area contributed by atoms with E-state index in [4.69, 9.17) is 4.74 Å². The highest BCUT2D eigenvalue weighted by Crippen LogP contribution is 2.41. The second kappa shape index (κ2) is 10.5. The SMILES string of the molecule is O=C1NC(=O)C(c2cn(CC(O)CN3CCOCC3)c3ccc(C(F)(F)F)cc23)=C1c1c[nH]c2ccc(C(F)(F)F)cc12. The van der Waals surface area contributed by atoms with Gasteiger partial charge in [0.25, 0.3) is 11.8 Å². The molecule has 3 N–H and O–H groups in total. The topological polar surface area (TPSA) is 99.6 Å². The zero-order chi connectivity index (χ0) is 30.7. The summed E-state index contributed by atoms with van der Waals surface area (Å²) >= 11 is 0. The Hall–Kier alpha value is -4.14.